The minimum atomic E-state index is -3.07. The van der Waals surface area contributed by atoms with Crippen molar-refractivity contribution >= 4 is 64.5 Å². The number of hydrogen-bond donors (Lipinski definition) is 12. The number of aliphatic hydroxyl groups excluding tert-OH is 9. The first-order chi connectivity index (χ1) is 26.7. The van der Waals surface area contributed by atoms with Crippen LogP contribution in [-0.4, -0.2) is 196 Å². The second-order valence-electron chi connectivity index (χ2n) is 13.3. The van der Waals surface area contributed by atoms with Crippen molar-refractivity contribution in [3.8, 4) is 0 Å². The number of aliphatic hydroxyl groups is 9. The summed E-state index contributed by atoms with van der Waals surface area (Å²) < 4.78 is 31.8. The Balaban J connectivity index is 1.64. The lowest BCUT2D eigenvalue weighted by Crippen LogP contribution is -2.71. The zero-order valence-electron chi connectivity index (χ0n) is 29.8. The Morgan fingerprint density at radius 1 is 0.930 bits per heavy atom. The minimum absolute atomic E-state index is 0.601. The highest BCUT2D eigenvalue weighted by Crippen LogP contribution is 2.40. The molecule has 21 nitrogen and oxygen atoms in total. The monoisotopic (exact) mass is 898 g/mol. The zero-order chi connectivity index (χ0) is 42.4. The first kappa shape index (κ1) is 47.8. The summed E-state index contributed by atoms with van der Waals surface area (Å²) in [4.78, 5) is 38.2. The van der Waals surface area contributed by atoms with Gasteiger partial charge in [0.25, 0.3) is 5.79 Å². The molecule has 12 N–H and O–H groups in total. The maximum atomic E-state index is 12.8. The number of thioether (sulfide) groups is 1. The molecule has 0 aliphatic carbocycles. The molecule has 4 rings (SSSR count). The van der Waals surface area contributed by atoms with Crippen molar-refractivity contribution < 1.29 is 93.9 Å². The Labute approximate surface area is 343 Å². The van der Waals surface area contributed by atoms with Crippen LogP contribution in [0, 0.1) is 0 Å². The van der Waals surface area contributed by atoms with Crippen LogP contribution in [0.3, 0.4) is 0 Å². The molecule has 0 spiro atoms. The van der Waals surface area contributed by atoms with E-state index in [9.17, 15) is 65.4 Å². The van der Waals surface area contributed by atoms with Gasteiger partial charge in [0.1, 0.15) is 73.1 Å². The maximum Gasteiger partial charge on any atom is 0.407 e. The number of rotatable bonds is 15. The summed E-state index contributed by atoms with van der Waals surface area (Å²) in [5.74, 6) is -5.83. The zero-order valence-corrected chi connectivity index (χ0v) is 32.9. The van der Waals surface area contributed by atoms with Gasteiger partial charge in [-0.05, 0) is 12.1 Å². The molecule has 3 aliphatic heterocycles. The molecule has 0 bridgehead atoms. The normalized spacial score (nSPS) is 37.1. The number of halogens is 3. The van der Waals surface area contributed by atoms with Crippen molar-refractivity contribution in [1.82, 2.24) is 10.6 Å². The smallest absolute Gasteiger partial charge is 0.407 e. The molecule has 0 radical (unpaired) electrons. The number of benzene rings is 1. The van der Waals surface area contributed by atoms with E-state index in [-0.39, 0.29) is 0 Å². The molecule has 0 unspecified atom stereocenters. The molecule has 3 aliphatic rings. The number of carbonyl (C=O) groups excluding carboxylic acids is 2. The third kappa shape index (κ3) is 11.9. The quantitative estimate of drug-likeness (QED) is 0.0767. The van der Waals surface area contributed by atoms with Crippen molar-refractivity contribution in [2.75, 3.05) is 26.4 Å². The van der Waals surface area contributed by atoms with E-state index in [1.807, 2.05) is 0 Å². The van der Waals surface area contributed by atoms with Crippen LogP contribution in [0.25, 0.3) is 0 Å². The molecule has 3 saturated heterocycles. The number of aliphatic carboxylic acids is 1. The largest absolute Gasteiger partial charge is 0.477 e. The third-order valence-corrected chi connectivity index (χ3v) is 10.6. The fourth-order valence-corrected chi connectivity index (χ4v) is 7.70. The number of hydrogen-bond acceptors (Lipinski definition) is 19. The van der Waals surface area contributed by atoms with E-state index >= 15 is 0 Å². The van der Waals surface area contributed by atoms with Gasteiger partial charge in [-0.1, -0.05) is 64.8 Å². The van der Waals surface area contributed by atoms with Crippen molar-refractivity contribution in [1.29, 1.82) is 0 Å². The van der Waals surface area contributed by atoms with Crippen LogP contribution in [0.5, 0.6) is 0 Å². The highest BCUT2D eigenvalue weighted by atomic mass is 35.6. The number of carbonyl (C=O) groups is 3. The number of alkyl halides is 3. The van der Waals surface area contributed by atoms with Gasteiger partial charge in [0.05, 0.1) is 38.0 Å². The molecular weight excluding hydrogens is 855 g/mol. The molecule has 0 aromatic heterocycles. The number of alkyl carbamates (subject to hydrolysis) is 1. The van der Waals surface area contributed by atoms with E-state index in [2.05, 4.69) is 10.6 Å². The van der Waals surface area contributed by atoms with E-state index in [4.69, 9.17) is 63.2 Å². The van der Waals surface area contributed by atoms with Gasteiger partial charge in [0.2, 0.25) is 9.70 Å². The van der Waals surface area contributed by atoms with Crippen molar-refractivity contribution in [3.63, 3.8) is 0 Å². The number of amides is 2. The molecule has 1 aromatic carbocycles. The summed E-state index contributed by atoms with van der Waals surface area (Å²) in [5, 5.41) is 111. The van der Waals surface area contributed by atoms with Crippen LogP contribution >= 0.6 is 46.6 Å². The summed E-state index contributed by atoms with van der Waals surface area (Å²) in [6, 6.07) is 5.53. The van der Waals surface area contributed by atoms with Gasteiger partial charge in [-0.25, -0.2) is 9.59 Å². The summed E-state index contributed by atoms with van der Waals surface area (Å²) in [6.07, 6.45) is -25.4. The van der Waals surface area contributed by atoms with Gasteiger partial charge in [-0.2, -0.15) is 0 Å². The van der Waals surface area contributed by atoms with E-state index in [0.29, 0.717) is 4.90 Å². The van der Waals surface area contributed by atoms with Gasteiger partial charge in [-0.15, -0.1) is 0 Å². The molecule has 2 amide bonds. The molecule has 1 aromatic rings. The molecule has 3 heterocycles. The van der Waals surface area contributed by atoms with Crippen molar-refractivity contribution in [3.05, 3.63) is 30.3 Å². The van der Waals surface area contributed by atoms with Crippen LogP contribution in [0.2, 0.25) is 0 Å². The lowest BCUT2D eigenvalue weighted by Gasteiger charge is -2.51. The number of nitrogens with one attached hydrogen (secondary N) is 2. The average Bonchev–Trinajstić information content (AvgIpc) is 3.16. The van der Waals surface area contributed by atoms with Crippen molar-refractivity contribution in [2.24, 2.45) is 0 Å². The van der Waals surface area contributed by atoms with E-state index < -0.39 is 151 Å². The van der Waals surface area contributed by atoms with Gasteiger partial charge in [0, 0.05) is 18.2 Å². The number of ether oxygens (including phenoxy) is 6. The first-order valence-electron chi connectivity index (χ1n) is 17.2. The van der Waals surface area contributed by atoms with Gasteiger partial charge in [-0.3, -0.25) is 4.79 Å². The summed E-state index contributed by atoms with van der Waals surface area (Å²) in [6.45, 7) is -2.57. The van der Waals surface area contributed by atoms with Crippen LogP contribution in [0.1, 0.15) is 13.3 Å². The minimum Gasteiger partial charge on any atom is -0.477 e. The Bertz CT molecular complexity index is 1490. The highest BCUT2D eigenvalue weighted by Gasteiger charge is 2.60. The summed E-state index contributed by atoms with van der Waals surface area (Å²) in [7, 11) is 0. The molecule has 324 valence electrons. The van der Waals surface area contributed by atoms with E-state index in [0.717, 1.165) is 18.7 Å². The fraction of sp³-hybridized carbons (Fsp3) is 0.719. The fourth-order valence-electron chi connectivity index (χ4n) is 6.38. The van der Waals surface area contributed by atoms with Crippen molar-refractivity contribution in [2.45, 2.75) is 119 Å². The molecule has 0 saturated carbocycles. The highest BCUT2D eigenvalue weighted by molar-refractivity contribution is 7.99. The molecule has 3 fully saturated rings. The van der Waals surface area contributed by atoms with Crippen LogP contribution in [-0.2, 0) is 38.0 Å². The SMILES string of the molecule is CC(=O)N[C@H]1[C@H]([C@H](O)[C@H](O)CO)O[C@@](O[C@H]2[C@@H](O)[C@@H](CO)O[C@@H](O[C@H]3[C@H](O)[C@@H](NC(=O)OCC(Cl)(Cl)Cl)[C@H](Sc4ccccc4)O[C@@H]3CO)[C@@H]2O)(C(=O)O)C[C@@H]1O. The number of carboxylic acid groups (broad SMARTS) is 1. The predicted molar refractivity (Wildman–Crippen MR) is 193 cm³/mol. The summed E-state index contributed by atoms with van der Waals surface area (Å²) in [5.41, 5.74) is -1.15. The Kier molecular flexibility index (Phi) is 17.2. The van der Waals surface area contributed by atoms with Gasteiger partial charge < -0.3 is 90.1 Å². The predicted octanol–water partition coefficient (Wildman–Crippen LogP) is -3.32. The van der Waals surface area contributed by atoms with Gasteiger partial charge in [0.15, 0.2) is 6.29 Å². The lowest BCUT2D eigenvalue weighted by molar-refractivity contribution is -0.379. The van der Waals surface area contributed by atoms with E-state index in [1.54, 1.807) is 30.3 Å². The van der Waals surface area contributed by atoms with Gasteiger partial charge >= 0.3 is 12.1 Å². The van der Waals surface area contributed by atoms with E-state index in [1.165, 1.54) is 0 Å². The first-order valence-corrected chi connectivity index (χ1v) is 19.2. The molecular formula is C32H45Cl3N2O19S. The average molecular weight is 900 g/mol. The topological polar surface area (TPSA) is 333 Å². The Morgan fingerprint density at radius 2 is 1.58 bits per heavy atom. The maximum absolute atomic E-state index is 12.8. The Morgan fingerprint density at radius 3 is 2.14 bits per heavy atom. The second-order valence-corrected chi connectivity index (χ2v) is 17.0. The van der Waals surface area contributed by atoms with Crippen LogP contribution in [0.15, 0.2) is 35.2 Å². The van der Waals surface area contributed by atoms with Crippen LogP contribution < -0.4 is 10.6 Å². The summed E-state index contributed by atoms with van der Waals surface area (Å²) >= 11 is 18.1. The third-order valence-electron chi connectivity index (χ3n) is 9.13. The molecule has 57 heavy (non-hydrogen) atoms. The number of carboxylic acids is 1. The molecule has 25 heteroatoms. The Hall–Kier alpha value is -1.91. The van der Waals surface area contributed by atoms with Crippen LogP contribution in [0.4, 0.5) is 4.79 Å². The molecule has 16 atom stereocenters. The second kappa shape index (κ2) is 20.6. The lowest BCUT2D eigenvalue weighted by atomic mass is 9.88. The standard InChI is InChI=1S/C32H45Cl3N2O19S/c1-12(41)36-18-14(42)7-31(29(48)49,55-25(18)20(44)15(43)8-38)56-26-21(45)16(9-39)52-27(23(26)47)54-24-17(10-40)53-28(57-13-5-3-2-4-6-13)19(22(24)46)37-30(50)51-11-32(33,34)35/h2-6,14-28,38-40,42-47H,7-11H2,1H3,(H,36,41)(H,37,50)(H,48,49)/t14-,15+,16+,17+,18+,19+,20+,21-,22+,23+,24+,25+,26-,27-,28-,31-/m0/s1.